The van der Waals surface area contributed by atoms with Gasteiger partial charge in [0.2, 0.25) is 5.88 Å². The normalized spacial score (nSPS) is 19.8. The van der Waals surface area contributed by atoms with Crippen LogP contribution in [0.5, 0.6) is 5.88 Å². The van der Waals surface area contributed by atoms with Crippen LogP contribution < -0.4 is 4.74 Å². The zero-order valence-corrected chi connectivity index (χ0v) is 17.1. The average molecular weight is 413 g/mol. The van der Waals surface area contributed by atoms with E-state index in [0.29, 0.717) is 52.8 Å². The molecule has 8 nitrogen and oxygen atoms in total. The Morgan fingerprint density at radius 3 is 2.77 bits per heavy atom. The lowest BCUT2D eigenvalue weighted by atomic mass is 9.71. The lowest BCUT2D eigenvalue weighted by Gasteiger charge is -2.36. The smallest absolute Gasteiger partial charge is 0.228 e. The topological polar surface area (TPSA) is 95.4 Å². The largest absolute Gasteiger partial charge is 0.468 e. The highest BCUT2D eigenvalue weighted by Gasteiger charge is 2.44. The van der Waals surface area contributed by atoms with Crippen molar-refractivity contribution in [2.45, 2.75) is 32.6 Å². The van der Waals surface area contributed by atoms with Crippen LogP contribution in [0, 0.1) is 5.41 Å². The van der Waals surface area contributed by atoms with Gasteiger partial charge in [-0.15, -0.1) is 5.10 Å². The molecule has 8 heteroatoms. The number of pyridine rings is 1. The van der Waals surface area contributed by atoms with Gasteiger partial charge < -0.3 is 9.15 Å². The van der Waals surface area contributed by atoms with E-state index < -0.39 is 5.92 Å². The highest BCUT2D eigenvalue weighted by atomic mass is 16.5. The predicted octanol–water partition coefficient (Wildman–Crippen LogP) is 3.95. The molecule has 154 valence electrons. The standard InChI is InChI=1S/C23H19N5O3/c1-23(2)10-14(29)17-16(11-23)31-22-19(18(17)15-4-3-9-30-15)21-26-20(27-28(21)12-25-22)13-5-7-24-8-6-13/h3-9,12,18H,10-11H2,1-2H3/t18-/m1/s1. The third-order valence-electron chi connectivity index (χ3n) is 5.83. The molecule has 5 heterocycles. The molecule has 0 saturated heterocycles. The van der Waals surface area contributed by atoms with Crippen molar-refractivity contribution in [3.8, 4) is 17.3 Å². The Morgan fingerprint density at radius 1 is 1.16 bits per heavy atom. The van der Waals surface area contributed by atoms with Gasteiger partial charge in [0, 0.05) is 36.4 Å². The first-order chi connectivity index (χ1) is 15.0. The number of rotatable bonds is 2. The summed E-state index contributed by atoms with van der Waals surface area (Å²) in [4.78, 5) is 26.6. The molecule has 0 saturated carbocycles. The minimum atomic E-state index is -0.442. The van der Waals surface area contributed by atoms with Crippen LogP contribution in [0.1, 0.15) is 43.9 Å². The fourth-order valence-electron chi connectivity index (χ4n) is 4.51. The average Bonchev–Trinajstić information content (AvgIpc) is 3.42. The molecule has 2 aliphatic rings. The molecular formula is C23H19N5O3. The summed E-state index contributed by atoms with van der Waals surface area (Å²) in [5.41, 5.74) is 2.58. The number of hydrogen-bond acceptors (Lipinski definition) is 7. The molecule has 1 atom stereocenters. The lowest BCUT2D eigenvalue weighted by Crippen LogP contribution is -2.33. The quantitative estimate of drug-likeness (QED) is 0.491. The highest BCUT2D eigenvalue weighted by molar-refractivity contribution is 6.00. The van der Waals surface area contributed by atoms with E-state index in [-0.39, 0.29) is 11.2 Å². The first kappa shape index (κ1) is 18.0. The Kier molecular flexibility index (Phi) is 3.68. The van der Waals surface area contributed by atoms with Crippen molar-refractivity contribution in [3.63, 3.8) is 0 Å². The molecule has 6 rings (SSSR count). The fraction of sp³-hybridized carbons (Fsp3) is 0.261. The number of furan rings is 1. The Hall–Kier alpha value is -3.81. The molecule has 0 aromatic carbocycles. The molecule has 0 spiro atoms. The Balaban J connectivity index is 1.60. The molecule has 1 aliphatic heterocycles. The van der Waals surface area contributed by atoms with Gasteiger partial charge >= 0.3 is 0 Å². The zero-order valence-electron chi connectivity index (χ0n) is 17.1. The number of allylic oxidation sites excluding steroid dienone is 2. The maximum Gasteiger partial charge on any atom is 0.228 e. The fourth-order valence-corrected chi connectivity index (χ4v) is 4.51. The van der Waals surface area contributed by atoms with Crippen LogP contribution in [0.3, 0.4) is 0 Å². The number of carbonyl (C=O) groups excluding carboxylic acids is 1. The van der Waals surface area contributed by atoms with Crippen molar-refractivity contribution in [1.29, 1.82) is 0 Å². The number of fused-ring (bicyclic) bond motifs is 3. The second-order valence-electron chi connectivity index (χ2n) is 8.73. The van der Waals surface area contributed by atoms with Gasteiger partial charge in [0.05, 0.1) is 17.7 Å². The number of aromatic nitrogens is 5. The van der Waals surface area contributed by atoms with Crippen molar-refractivity contribution in [2.75, 3.05) is 0 Å². The number of ether oxygens (including phenoxy) is 1. The van der Waals surface area contributed by atoms with Crippen molar-refractivity contribution in [3.05, 3.63) is 71.9 Å². The summed E-state index contributed by atoms with van der Waals surface area (Å²) >= 11 is 0. The minimum Gasteiger partial charge on any atom is -0.468 e. The van der Waals surface area contributed by atoms with E-state index in [4.69, 9.17) is 14.1 Å². The third kappa shape index (κ3) is 2.78. The SMILES string of the molecule is CC1(C)CC(=O)C2=C(C1)Oc1ncn3nc(-c4ccncc4)nc3c1[C@@H]2c1ccco1. The Morgan fingerprint density at radius 2 is 2.00 bits per heavy atom. The molecule has 0 bridgehead atoms. The van der Waals surface area contributed by atoms with Crippen LogP contribution in [-0.4, -0.2) is 30.3 Å². The summed E-state index contributed by atoms with van der Waals surface area (Å²) in [6.45, 7) is 4.15. The Bertz CT molecular complexity index is 1350. The van der Waals surface area contributed by atoms with E-state index in [0.717, 1.165) is 5.56 Å². The third-order valence-corrected chi connectivity index (χ3v) is 5.83. The summed E-state index contributed by atoms with van der Waals surface area (Å²) in [6.07, 6.45) is 7.71. The van der Waals surface area contributed by atoms with Crippen molar-refractivity contribution in [2.24, 2.45) is 5.41 Å². The number of ketones is 1. The number of carbonyl (C=O) groups is 1. The van der Waals surface area contributed by atoms with Crippen molar-refractivity contribution in [1.82, 2.24) is 24.6 Å². The van der Waals surface area contributed by atoms with Crippen LogP contribution in [0.2, 0.25) is 0 Å². The van der Waals surface area contributed by atoms with Crippen LogP contribution in [-0.2, 0) is 4.79 Å². The number of Topliss-reactive ketones (excluding diaryl/α,β-unsaturated/α-hetero) is 1. The molecule has 1 aliphatic carbocycles. The van der Waals surface area contributed by atoms with Gasteiger partial charge in [-0.05, 0) is 29.7 Å². The van der Waals surface area contributed by atoms with Gasteiger partial charge in [0.15, 0.2) is 17.3 Å². The maximum absolute atomic E-state index is 13.3. The molecule has 0 unspecified atom stereocenters. The van der Waals surface area contributed by atoms with Crippen molar-refractivity contribution < 1.29 is 13.9 Å². The van der Waals surface area contributed by atoms with Gasteiger partial charge in [-0.1, -0.05) is 13.8 Å². The van der Waals surface area contributed by atoms with E-state index in [1.54, 1.807) is 29.5 Å². The van der Waals surface area contributed by atoms with Gasteiger partial charge in [0.25, 0.3) is 0 Å². The minimum absolute atomic E-state index is 0.0641. The predicted molar refractivity (Wildman–Crippen MR) is 110 cm³/mol. The number of nitrogens with zero attached hydrogens (tertiary/aromatic N) is 5. The molecular weight excluding hydrogens is 394 g/mol. The molecule has 0 fully saturated rings. The van der Waals surface area contributed by atoms with Gasteiger partial charge in [-0.2, -0.15) is 0 Å². The molecule has 4 aromatic rings. The highest BCUT2D eigenvalue weighted by Crippen LogP contribution is 2.50. The van der Waals surface area contributed by atoms with Gasteiger partial charge in [-0.3, -0.25) is 9.78 Å². The van der Waals surface area contributed by atoms with Crippen LogP contribution >= 0.6 is 0 Å². The summed E-state index contributed by atoms with van der Waals surface area (Å²) in [7, 11) is 0. The van der Waals surface area contributed by atoms with Crippen molar-refractivity contribution >= 4 is 11.4 Å². The zero-order chi connectivity index (χ0) is 21.2. The van der Waals surface area contributed by atoms with E-state index in [9.17, 15) is 4.79 Å². The molecule has 0 radical (unpaired) electrons. The van der Waals surface area contributed by atoms with E-state index in [1.807, 2.05) is 24.3 Å². The van der Waals surface area contributed by atoms with Crippen LogP contribution in [0.25, 0.3) is 17.0 Å². The lowest BCUT2D eigenvalue weighted by molar-refractivity contribution is -0.118. The Labute approximate surface area is 177 Å². The van der Waals surface area contributed by atoms with E-state index in [1.165, 1.54) is 0 Å². The molecule has 31 heavy (non-hydrogen) atoms. The van der Waals surface area contributed by atoms with E-state index >= 15 is 0 Å². The summed E-state index contributed by atoms with van der Waals surface area (Å²) in [5, 5.41) is 4.58. The van der Waals surface area contributed by atoms with Gasteiger partial charge in [0.1, 0.15) is 17.8 Å². The summed E-state index contributed by atoms with van der Waals surface area (Å²) in [6, 6.07) is 7.40. The van der Waals surface area contributed by atoms with E-state index in [2.05, 4.69) is 28.9 Å². The maximum atomic E-state index is 13.3. The summed E-state index contributed by atoms with van der Waals surface area (Å²) in [5.74, 6) is 1.94. The second-order valence-corrected chi connectivity index (χ2v) is 8.73. The monoisotopic (exact) mass is 413 g/mol. The molecule has 0 amide bonds. The number of hydrogen-bond donors (Lipinski definition) is 0. The first-order valence-electron chi connectivity index (χ1n) is 10.1. The van der Waals surface area contributed by atoms with Crippen LogP contribution in [0.4, 0.5) is 0 Å². The first-order valence-corrected chi connectivity index (χ1v) is 10.1. The summed E-state index contributed by atoms with van der Waals surface area (Å²) < 4.78 is 13.6. The van der Waals surface area contributed by atoms with Gasteiger partial charge in [-0.25, -0.2) is 14.5 Å². The van der Waals surface area contributed by atoms with Crippen LogP contribution in [0.15, 0.2) is 65.0 Å². The second kappa shape index (κ2) is 6.34. The molecule has 0 N–H and O–H groups in total. The molecule has 4 aromatic heterocycles.